The fraction of sp³-hybridized carbons (Fsp3) is 0.833. The topological polar surface area (TPSA) is 26.3 Å². The van der Waals surface area contributed by atoms with E-state index in [1.165, 1.54) is 6.92 Å². The molecule has 0 aromatic carbocycles. The normalized spacial score (nSPS) is 6.83. The Balaban J connectivity index is -0.000000115. The summed E-state index contributed by atoms with van der Waals surface area (Å²) < 4.78 is 4.40. The molecular weight excluding hydrogens is 246 g/mol. The standard InChI is InChI=1S/C4H8O2.2CH2Cl2/c1-3-6-4(2)5;2*2-1-3/h3H2,1-2H3;2*1H2. The molecule has 0 saturated carbocycles. The van der Waals surface area contributed by atoms with Crippen LogP contribution in [0.25, 0.3) is 0 Å². The zero-order valence-electron chi connectivity index (χ0n) is 6.95. The van der Waals surface area contributed by atoms with Gasteiger partial charge in [-0.1, -0.05) is 0 Å². The maximum absolute atomic E-state index is 9.82. The van der Waals surface area contributed by atoms with Gasteiger partial charge in [0.05, 0.1) is 17.3 Å². The van der Waals surface area contributed by atoms with Crippen molar-refractivity contribution in [1.82, 2.24) is 0 Å². The summed E-state index contributed by atoms with van der Waals surface area (Å²) in [6.07, 6.45) is 0. The van der Waals surface area contributed by atoms with Crippen LogP contribution in [0.5, 0.6) is 0 Å². The highest BCUT2D eigenvalue weighted by atomic mass is 35.5. The Morgan fingerprint density at radius 3 is 1.42 bits per heavy atom. The lowest BCUT2D eigenvalue weighted by Crippen LogP contribution is -1.95. The van der Waals surface area contributed by atoms with Crippen molar-refractivity contribution in [3.05, 3.63) is 0 Å². The zero-order valence-corrected chi connectivity index (χ0v) is 9.97. The van der Waals surface area contributed by atoms with Crippen LogP contribution >= 0.6 is 46.4 Å². The van der Waals surface area contributed by atoms with Crippen molar-refractivity contribution in [1.29, 1.82) is 0 Å². The van der Waals surface area contributed by atoms with Crippen LogP contribution in [0, 0.1) is 0 Å². The first-order chi connectivity index (χ1) is 5.60. The zero-order chi connectivity index (χ0) is 10.4. The van der Waals surface area contributed by atoms with Gasteiger partial charge in [-0.3, -0.25) is 4.79 Å². The monoisotopic (exact) mass is 256 g/mol. The molecule has 0 aliphatic heterocycles. The molecule has 6 heteroatoms. The van der Waals surface area contributed by atoms with Crippen LogP contribution < -0.4 is 0 Å². The van der Waals surface area contributed by atoms with Gasteiger partial charge in [-0.25, -0.2) is 0 Å². The van der Waals surface area contributed by atoms with Crippen LogP contribution in [-0.2, 0) is 9.53 Å². The third-order valence-corrected chi connectivity index (χ3v) is 0.348. The number of carbonyl (C=O) groups is 1. The predicted octanol–water partition coefficient (Wildman–Crippen LogP) is 3.41. The Morgan fingerprint density at radius 1 is 1.17 bits per heavy atom. The summed E-state index contributed by atoms with van der Waals surface area (Å²) in [5.74, 6) is -0.211. The first-order valence-corrected chi connectivity index (χ1v) is 5.11. The van der Waals surface area contributed by atoms with E-state index in [0.29, 0.717) is 6.61 Å². The molecule has 0 heterocycles. The number of halogens is 4. The van der Waals surface area contributed by atoms with E-state index in [4.69, 9.17) is 46.4 Å². The molecule has 0 aromatic rings. The Hall–Kier alpha value is 0.630. The van der Waals surface area contributed by atoms with Gasteiger partial charge in [-0.05, 0) is 6.92 Å². The van der Waals surface area contributed by atoms with E-state index in [9.17, 15) is 4.79 Å². The Kier molecular flexibility index (Phi) is 34.7. The van der Waals surface area contributed by atoms with Crippen molar-refractivity contribution in [2.75, 3.05) is 17.3 Å². The molecule has 0 saturated heterocycles. The third kappa shape index (κ3) is 74.8. The molecule has 2 nitrogen and oxygen atoms in total. The highest BCUT2D eigenvalue weighted by Crippen LogP contribution is 1.73. The smallest absolute Gasteiger partial charge is 0.302 e. The summed E-state index contributed by atoms with van der Waals surface area (Å²) in [5, 5.41) is 0.389. The summed E-state index contributed by atoms with van der Waals surface area (Å²) in [4.78, 5) is 9.82. The van der Waals surface area contributed by atoms with Crippen LogP contribution in [0.3, 0.4) is 0 Å². The second-order valence-electron chi connectivity index (χ2n) is 1.13. The van der Waals surface area contributed by atoms with Crippen molar-refractivity contribution in [2.45, 2.75) is 13.8 Å². The molecule has 0 N–H and O–H groups in total. The van der Waals surface area contributed by atoms with Crippen LogP contribution in [0.2, 0.25) is 0 Å². The van der Waals surface area contributed by atoms with Gasteiger partial charge in [-0.2, -0.15) is 0 Å². The Bertz CT molecular complexity index is 77.9. The van der Waals surface area contributed by atoms with Crippen LogP contribution in [-0.4, -0.2) is 23.3 Å². The molecule has 0 aliphatic rings. The molecule has 0 bridgehead atoms. The van der Waals surface area contributed by atoms with E-state index in [2.05, 4.69) is 4.74 Å². The van der Waals surface area contributed by atoms with E-state index in [1.807, 2.05) is 0 Å². The number of rotatable bonds is 1. The molecule has 0 unspecified atom stereocenters. The molecule has 0 spiro atoms. The summed E-state index contributed by atoms with van der Waals surface area (Å²) in [6, 6.07) is 0. The summed E-state index contributed by atoms with van der Waals surface area (Å²) in [6.45, 7) is 3.65. The predicted molar refractivity (Wildman–Crippen MR) is 55.5 cm³/mol. The molecular formula is C6H12Cl4O2. The number of alkyl halides is 4. The number of ether oxygens (including phenoxy) is 1. The van der Waals surface area contributed by atoms with E-state index in [1.54, 1.807) is 6.92 Å². The maximum Gasteiger partial charge on any atom is 0.302 e. The van der Waals surface area contributed by atoms with E-state index >= 15 is 0 Å². The minimum absolute atomic E-state index is 0.194. The van der Waals surface area contributed by atoms with Gasteiger partial charge >= 0.3 is 5.97 Å². The van der Waals surface area contributed by atoms with Crippen molar-refractivity contribution in [3.8, 4) is 0 Å². The van der Waals surface area contributed by atoms with Crippen molar-refractivity contribution in [2.24, 2.45) is 0 Å². The molecule has 76 valence electrons. The minimum atomic E-state index is -0.211. The lowest BCUT2D eigenvalue weighted by atomic mass is 10.8. The largest absolute Gasteiger partial charge is 0.466 e. The lowest BCUT2D eigenvalue weighted by Gasteiger charge is -1.89. The number of hydrogen-bond donors (Lipinski definition) is 0. The molecule has 0 radical (unpaired) electrons. The molecule has 0 aromatic heterocycles. The van der Waals surface area contributed by atoms with Gasteiger partial charge in [0.25, 0.3) is 0 Å². The van der Waals surface area contributed by atoms with E-state index in [-0.39, 0.29) is 16.6 Å². The van der Waals surface area contributed by atoms with Gasteiger partial charge in [0.1, 0.15) is 0 Å². The average Bonchev–Trinajstić information content (AvgIpc) is 1.89. The molecule has 0 rings (SSSR count). The fourth-order valence-electron chi connectivity index (χ4n) is 0.203. The van der Waals surface area contributed by atoms with Crippen molar-refractivity contribution in [3.63, 3.8) is 0 Å². The van der Waals surface area contributed by atoms with Crippen LogP contribution in [0.1, 0.15) is 13.8 Å². The van der Waals surface area contributed by atoms with Gasteiger partial charge in [0.15, 0.2) is 0 Å². The molecule has 0 atom stereocenters. The quantitative estimate of drug-likeness (QED) is 0.532. The Labute approximate surface area is 93.1 Å². The minimum Gasteiger partial charge on any atom is -0.466 e. The number of esters is 1. The average molecular weight is 258 g/mol. The lowest BCUT2D eigenvalue weighted by molar-refractivity contribution is -0.140. The van der Waals surface area contributed by atoms with Gasteiger partial charge < -0.3 is 4.74 Å². The molecule has 0 fully saturated rings. The van der Waals surface area contributed by atoms with E-state index < -0.39 is 0 Å². The molecule has 0 aliphatic carbocycles. The first kappa shape index (κ1) is 18.4. The third-order valence-electron chi connectivity index (χ3n) is 0.348. The first-order valence-electron chi connectivity index (χ1n) is 2.97. The highest BCUT2D eigenvalue weighted by molar-refractivity contribution is 6.40. The molecule has 0 amide bonds. The number of hydrogen-bond acceptors (Lipinski definition) is 2. The summed E-state index contributed by atoms with van der Waals surface area (Å²) in [5.41, 5.74) is 0. The van der Waals surface area contributed by atoms with Crippen molar-refractivity contribution < 1.29 is 9.53 Å². The van der Waals surface area contributed by atoms with Crippen LogP contribution in [0.15, 0.2) is 0 Å². The van der Waals surface area contributed by atoms with Crippen LogP contribution in [0.4, 0.5) is 0 Å². The summed E-state index contributed by atoms with van der Waals surface area (Å²) >= 11 is 19.1. The summed E-state index contributed by atoms with van der Waals surface area (Å²) in [7, 11) is 0. The second kappa shape index (κ2) is 22.6. The Morgan fingerprint density at radius 2 is 1.42 bits per heavy atom. The molecule has 12 heavy (non-hydrogen) atoms. The van der Waals surface area contributed by atoms with Crippen molar-refractivity contribution >= 4 is 52.4 Å². The SMILES string of the molecule is CCOC(C)=O.ClCCl.ClCCl. The van der Waals surface area contributed by atoms with Gasteiger partial charge in [0, 0.05) is 6.92 Å². The fourth-order valence-corrected chi connectivity index (χ4v) is 0.203. The van der Waals surface area contributed by atoms with Gasteiger partial charge in [-0.15, -0.1) is 46.4 Å². The van der Waals surface area contributed by atoms with Gasteiger partial charge in [0.2, 0.25) is 0 Å². The van der Waals surface area contributed by atoms with E-state index in [0.717, 1.165) is 0 Å². The second-order valence-corrected chi connectivity index (χ2v) is 2.74. The maximum atomic E-state index is 9.82. The highest BCUT2D eigenvalue weighted by Gasteiger charge is 1.81. The number of carbonyl (C=O) groups excluding carboxylic acids is 1.